The van der Waals surface area contributed by atoms with Gasteiger partial charge in [0, 0.05) is 12.7 Å². The lowest BCUT2D eigenvalue weighted by molar-refractivity contribution is -0.143. The predicted molar refractivity (Wildman–Crippen MR) is 84.6 cm³/mol. The topological polar surface area (TPSA) is 67.8 Å². The predicted octanol–water partition coefficient (Wildman–Crippen LogP) is 2.72. The zero-order valence-electron chi connectivity index (χ0n) is 12.5. The van der Waals surface area contributed by atoms with E-state index in [0.717, 1.165) is 12.0 Å². The molecule has 7 heteroatoms. The fourth-order valence-corrected chi connectivity index (χ4v) is 2.77. The molecule has 2 rings (SSSR count). The maximum atomic E-state index is 12.3. The van der Waals surface area contributed by atoms with Gasteiger partial charge in [0.2, 0.25) is 0 Å². The Balaban J connectivity index is 2.26. The number of carbonyl (C=O) groups is 1. The summed E-state index contributed by atoms with van der Waals surface area (Å²) in [6, 6.07) is 3.15. The van der Waals surface area contributed by atoms with Crippen LogP contribution in [0.25, 0.3) is 0 Å². The number of carbonyl (C=O) groups excluding carboxylic acids is 1. The van der Waals surface area contributed by atoms with E-state index in [-0.39, 0.29) is 12.6 Å². The highest BCUT2D eigenvalue weighted by molar-refractivity contribution is 6.43. The first-order chi connectivity index (χ1) is 10.4. The first-order valence-corrected chi connectivity index (χ1v) is 7.75. The van der Waals surface area contributed by atoms with Crippen LogP contribution in [0.3, 0.4) is 0 Å². The summed E-state index contributed by atoms with van der Waals surface area (Å²) < 4.78 is 10.5. The Morgan fingerprint density at radius 3 is 2.95 bits per heavy atom. The van der Waals surface area contributed by atoms with Gasteiger partial charge in [-0.05, 0) is 25.8 Å². The highest BCUT2D eigenvalue weighted by atomic mass is 35.5. The maximum Gasteiger partial charge on any atom is 0.254 e. The Morgan fingerprint density at radius 1 is 1.55 bits per heavy atom. The smallest absolute Gasteiger partial charge is 0.254 e. The van der Waals surface area contributed by atoms with E-state index in [9.17, 15) is 9.90 Å². The van der Waals surface area contributed by atoms with Gasteiger partial charge < -0.3 is 19.9 Å². The van der Waals surface area contributed by atoms with Crippen LogP contribution in [-0.4, -0.2) is 36.9 Å². The molecule has 0 saturated heterocycles. The van der Waals surface area contributed by atoms with Gasteiger partial charge in [-0.1, -0.05) is 29.3 Å². The van der Waals surface area contributed by atoms with Crippen molar-refractivity contribution in [3.05, 3.63) is 27.7 Å². The molecule has 2 atom stereocenters. The van der Waals surface area contributed by atoms with Crippen molar-refractivity contribution < 1.29 is 19.4 Å². The highest BCUT2D eigenvalue weighted by Gasteiger charge is 2.33. The van der Waals surface area contributed by atoms with Crippen LogP contribution in [0.1, 0.15) is 31.4 Å². The first kappa shape index (κ1) is 17.3. The molecule has 0 radical (unpaired) electrons. The second kappa shape index (κ2) is 7.04. The van der Waals surface area contributed by atoms with Crippen molar-refractivity contribution in [2.24, 2.45) is 0 Å². The summed E-state index contributed by atoms with van der Waals surface area (Å²) in [5.41, 5.74) is -0.841. The van der Waals surface area contributed by atoms with E-state index in [4.69, 9.17) is 32.7 Å². The fourth-order valence-electron chi connectivity index (χ4n) is 2.40. The summed E-state index contributed by atoms with van der Waals surface area (Å²) in [5.74, 6) is -0.0124. The molecule has 1 aromatic carbocycles. The second-order valence-electron chi connectivity index (χ2n) is 5.50. The summed E-state index contributed by atoms with van der Waals surface area (Å²) in [4.78, 5) is 12.3. The van der Waals surface area contributed by atoms with Crippen LogP contribution in [0.2, 0.25) is 10.0 Å². The molecule has 0 bridgehead atoms. The van der Waals surface area contributed by atoms with Crippen molar-refractivity contribution >= 4 is 29.1 Å². The van der Waals surface area contributed by atoms with Crippen LogP contribution in [0.5, 0.6) is 5.75 Å². The average Bonchev–Trinajstić information content (AvgIpc) is 2.66. The van der Waals surface area contributed by atoms with E-state index >= 15 is 0 Å². The molecule has 0 spiro atoms. The van der Waals surface area contributed by atoms with E-state index in [1.807, 2.05) is 0 Å². The Bertz CT molecular complexity index is 563. The molecule has 0 saturated carbocycles. The Morgan fingerprint density at radius 2 is 2.27 bits per heavy atom. The van der Waals surface area contributed by atoms with Gasteiger partial charge in [-0.15, -0.1) is 0 Å². The van der Waals surface area contributed by atoms with Gasteiger partial charge in [-0.25, -0.2) is 0 Å². The number of hydrogen-bond donors (Lipinski definition) is 2. The minimum atomic E-state index is -1.60. The largest absolute Gasteiger partial charge is 0.492 e. The Kier molecular flexibility index (Phi) is 5.55. The monoisotopic (exact) mass is 347 g/mol. The molecule has 1 aliphatic heterocycles. The number of benzene rings is 1. The molecule has 2 unspecified atom stereocenters. The number of hydrogen-bond acceptors (Lipinski definition) is 4. The third-order valence-corrected chi connectivity index (χ3v) is 4.35. The number of rotatable bonds is 4. The zero-order valence-corrected chi connectivity index (χ0v) is 14.0. The average molecular weight is 348 g/mol. The molecule has 0 aromatic heterocycles. The van der Waals surface area contributed by atoms with Gasteiger partial charge in [0.05, 0.1) is 24.3 Å². The van der Waals surface area contributed by atoms with Crippen LogP contribution in [0, 0.1) is 0 Å². The SMILES string of the molecule is COCC(C)(O)C(=O)NC1CCCOc2c1ccc(Cl)c2Cl. The number of methoxy groups -OCH3 is 1. The summed E-state index contributed by atoms with van der Waals surface area (Å²) in [5, 5.41) is 13.7. The van der Waals surface area contributed by atoms with Crippen molar-refractivity contribution in [2.45, 2.75) is 31.4 Å². The van der Waals surface area contributed by atoms with Gasteiger partial charge in [-0.2, -0.15) is 0 Å². The van der Waals surface area contributed by atoms with E-state index in [1.54, 1.807) is 12.1 Å². The highest BCUT2D eigenvalue weighted by Crippen LogP contribution is 2.41. The maximum absolute atomic E-state index is 12.3. The molecule has 0 aliphatic carbocycles. The number of nitrogens with one attached hydrogen (secondary N) is 1. The van der Waals surface area contributed by atoms with Crippen molar-refractivity contribution in [1.29, 1.82) is 0 Å². The lowest BCUT2D eigenvalue weighted by atomic mass is 10.00. The first-order valence-electron chi connectivity index (χ1n) is 7.00. The zero-order chi connectivity index (χ0) is 16.3. The molecular formula is C15H19Cl2NO4. The van der Waals surface area contributed by atoms with E-state index in [2.05, 4.69) is 5.32 Å². The number of halogens is 2. The Hall–Kier alpha value is -1.01. The van der Waals surface area contributed by atoms with E-state index in [1.165, 1.54) is 14.0 Å². The minimum Gasteiger partial charge on any atom is -0.492 e. The van der Waals surface area contributed by atoms with Gasteiger partial charge in [-0.3, -0.25) is 4.79 Å². The molecule has 2 N–H and O–H groups in total. The van der Waals surface area contributed by atoms with Crippen molar-refractivity contribution in [1.82, 2.24) is 5.32 Å². The lowest BCUT2D eigenvalue weighted by Gasteiger charge is -2.26. The van der Waals surface area contributed by atoms with Gasteiger partial charge in [0.25, 0.3) is 5.91 Å². The number of fused-ring (bicyclic) bond motifs is 1. The molecular weight excluding hydrogens is 329 g/mol. The normalized spacial score (nSPS) is 20.3. The summed E-state index contributed by atoms with van der Waals surface area (Å²) in [6.07, 6.45) is 1.43. The lowest BCUT2D eigenvalue weighted by Crippen LogP contribution is -2.48. The molecule has 1 aromatic rings. The number of ether oxygens (including phenoxy) is 2. The number of aliphatic hydroxyl groups is 1. The molecule has 1 aliphatic rings. The van der Waals surface area contributed by atoms with Gasteiger partial charge >= 0.3 is 0 Å². The summed E-state index contributed by atoms with van der Waals surface area (Å²) >= 11 is 12.2. The third kappa shape index (κ3) is 3.66. The number of amides is 1. The quantitative estimate of drug-likeness (QED) is 0.878. The molecule has 0 fully saturated rings. The third-order valence-electron chi connectivity index (χ3n) is 3.56. The van der Waals surface area contributed by atoms with Crippen LogP contribution in [0.15, 0.2) is 12.1 Å². The van der Waals surface area contributed by atoms with E-state index < -0.39 is 11.5 Å². The van der Waals surface area contributed by atoms with Crippen molar-refractivity contribution in [3.63, 3.8) is 0 Å². The summed E-state index contributed by atoms with van der Waals surface area (Å²) in [6.45, 7) is 1.82. The summed E-state index contributed by atoms with van der Waals surface area (Å²) in [7, 11) is 1.43. The standard InChI is InChI=1S/C15H19Cl2NO4/c1-15(20,8-21-2)14(19)18-11-4-3-7-22-13-9(11)5-6-10(16)12(13)17/h5-6,11,20H,3-4,7-8H2,1-2H3,(H,18,19). The van der Waals surface area contributed by atoms with Crippen molar-refractivity contribution in [2.75, 3.05) is 20.3 Å². The molecule has 1 amide bonds. The molecule has 122 valence electrons. The van der Waals surface area contributed by atoms with Crippen molar-refractivity contribution in [3.8, 4) is 5.75 Å². The minimum absolute atomic E-state index is 0.0870. The van der Waals surface area contributed by atoms with Crippen LogP contribution < -0.4 is 10.1 Å². The van der Waals surface area contributed by atoms with Gasteiger partial charge in [0.1, 0.15) is 10.8 Å². The molecule has 5 nitrogen and oxygen atoms in total. The van der Waals surface area contributed by atoms with E-state index in [0.29, 0.717) is 28.8 Å². The molecule has 1 heterocycles. The second-order valence-corrected chi connectivity index (χ2v) is 6.29. The van der Waals surface area contributed by atoms with Crippen LogP contribution in [-0.2, 0) is 9.53 Å². The van der Waals surface area contributed by atoms with Crippen LogP contribution in [0.4, 0.5) is 0 Å². The van der Waals surface area contributed by atoms with Crippen LogP contribution >= 0.6 is 23.2 Å². The fraction of sp³-hybridized carbons (Fsp3) is 0.533. The van der Waals surface area contributed by atoms with Gasteiger partial charge in [0.15, 0.2) is 5.60 Å². The Labute approximate surface area is 139 Å². The molecule has 22 heavy (non-hydrogen) atoms.